The van der Waals surface area contributed by atoms with Gasteiger partial charge in [0, 0.05) is 30.2 Å². The molecule has 1 N–H and O–H groups in total. The Kier molecular flexibility index (Phi) is 5.58. The van der Waals surface area contributed by atoms with Crippen LogP contribution in [-0.2, 0) is 12.7 Å². The first-order valence-corrected chi connectivity index (χ1v) is 9.53. The van der Waals surface area contributed by atoms with Crippen molar-refractivity contribution in [3.63, 3.8) is 0 Å². The zero-order valence-corrected chi connectivity index (χ0v) is 16.3. The van der Waals surface area contributed by atoms with E-state index in [1.165, 1.54) is 6.07 Å². The molecule has 0 fully saturated rings. The summed E-state index contributed by atoms with van der Waals surface area (Å²) in [5.74, 6) is -0.604. The second-order valence-electron chi connectivity index (χ2n) is 7.01. The van der Waals surface area contributed by atoms with Crippen molar-refractivity contribution in [2.45, 2.75) is 12.7 Å². The third-order valence-electron chi connectivity index (χ3n) is 4.81. The molecule has 4 nitrogen and oxygen atoms in total. The Hall–Kier alpha value is -3.87. The Bertz CT molecular complexity index is 1170. The molecular formula is C24H18F3N3O. The second kappa shape index (κ2) is 8.47. The van der Waals surface area contributed by atoms with Crippen LogP contribution in [0.3, 0.4) is 0 Å². The SMILES string of the molecule is O=C(Nc1ccc(Cn2ccnc2)cc1)c1cc(C(F)(F)F)ccc1-c1ccccc1. The smallest absolute Gasteiger partial charge is 0.333 e. The van der Waals surface area contributed by atoms with Gasteiger partial charge in [-0.1, -0.05) is 48.5 Å². The number of nitrogens with zero attached hydrogens (tertiary/aromatic N) is 2. The van der Waals surface area contributed by atoms with Gasteiger partial charge >= 0.3 is 6.18 Å². The fraction of sp³-hybridized carbons (Fsp3) is 0.0833. The van der Waals surface area contributed by atoms with Gasteiger partial charge in [-0.05, 0) is 41.0 Å². The van der Waals surface area contributed by atoms with Crippen LogP contribution in [0.1, 0.15) is 21.5 Å². The van der Waals surface area contributed by atoms with Crippen molar-refractivity contribution in [2.24, 2.45) is 0 Å². The number of imidazole rings is 1. The Balaban J connectivity index is 1.61. The Morgan fingerprint density at radius 2 is 1.71 bits per heavy atom. The van der Waals surface area contributed by atoms with Crippen LogP contribution in [0.5, 0.6) is 0 Å². The largest absolute Gasteiger partial charge is 0.416 e. The monoisotopic (exact) mass is 421 g/mol. The fourth-order valence-corrected chi connectivity index (χ4v) is 3.26. The van der Waals surface area contributed by atoms with Gasteiger partial charge in [-0.2, -0.15) is 13.2 Å². The average molecular weight is 421 g/mol. The third kappa shape index (κ3) is 4.83. The van der Waals surface area contributed by atoms with E-state index in [4.69, 9.17) is 0 Å². The summed E-state index contributed by atoms with van der Waals surface area (Å²) in [4.78, 5) is 16.9. The van der Waals surface area contributed by atoms with Crippen molar-refractivity contribution >= 4 is 11.6 Å². The number of amides is 1. The average Bonchev–Trinajstić information content (AvgIpc) is 3.28. The molecule has 0 radical (unpaired) electrons. The van der Waals surface area contributed by atoms with Gasteiger partial charge in [0.2, 0.25) is 0 Å². The fourth-order valence-electron chi connectivity index (χ4n) is 3.26. The van der Waals surface area contributed by atoms with Crippen molar-refractivity contribution < 1.29 is 18.0 Å². The van der Waals surface area contributed by atoms with E-state index >= 15 is 0 Å². The van der Waals surface area contributed by atoms with E-state index in [0.717, 1.165) is 17.7 Å². The molecule has 31 heavy (non-hydrogen) atoms. The van der Waals surface area contributed by atoms with Gasteiger partial charge in [-0.3, -0.25) is 4.79 Å². The topological polar surface area (TPSA) is 46.9 Å². The summed E-state index contributed by atoms with van der Waals surface area (Å²) in [7, 11) is 0. The zero-order chi connectivity index (χ0) is 21.8. The van der Waals surface area contributed by atoms with E-state index < -0.39 is 17.6 Å². The lowest BCUT2D eigenvalue weighted by atomic mass is 9.96. The number of nitrogens with one attached hydrogen (secondary N) is 1. The zero-order valence-electron chi connectivity index (χ0n) is 16.3. The summed E-state index contributed by atoms with van der Waals surface area (Å²) in [5, 5.41) is 2.71. The molecule has 0 spiro atoms. The maximum atomic E-state index is 13.3. The highest BCUT2D eigenvalue weighted by Gasteiger charge is 2.32. The van der Waals surface area contributed by atoms with Crippen molar-refractivity contribution in [1.29, 1.82) is 0 Å². The first kappa shape index (κ1) is 20.4. The van der Waals surface area contributed by atoms with Crippen LogP contribution < -0.4 is 5.32 Å². The first-order valence-electron chi connectivity index (χ1n) is 9.53. The highest BCUT2D eigenvalue weighted by atomic mass is 19.4. The van der Waals surface area contributed by atoms with Gasteiger partial charge in [-0.25, -0.2) is 4.98 Å². The predicted octanol–water partition coefficient (Wildman–Crippen LogP) is 5.87. The van der Waals surface area contributed by atoms with Crippen molar-refractivity contribution in [1.82, 2.24) is 9.55 Å². The van der Waals surface area contributed by atoms with E-state index in [1.54, 1.807) is 55.0 Å². The van der Waals surface area contributed by atoms with Crippen LogP contribution in [0.25, 0.3) is 11.1 Å². The van der Waals surface area contributed by atoms with E-state index in [0.29, 0.717) is 23.4 Å². The lowest BCUT2D eigenvalue weighted by molar-refractivity contribution is -0.137. The normalized spacial score (nSPS) is 11.3. The number of rotatable bonds is 5. The lowest BCUT2D eigenvalue weighted by Crippen LogP contribution is -2.15. The molecule has 7 heteroatoms. The number of anilines is 1. The number of carbonyl (C=O) groups is 1. The van der Waals surface area contributed by atoms with Crippen LogP contribution >= 0.6 is 0 Å². The van der Waals surface area contributed by atoms with Crippen LogP contribution in [-0.4, -0.2) is 15.5 Å². The molecule has 0 saturated heterocycles. The Morgan fingerprint density at radius 1 is 0.968 bits per heavy atom. The van der Waals surface area contributed by atoms with Crippen LogP contribution in [0.2, 0.25) is 0 Å². The number of carbonyl (C=O) groups excluding carboxylic acids is 1. The quantitative estimate of drug-likeness (QED) is 0.438. The molecule has 1 aromatic heterocycles. The summed E-state index contributed by atoms with van der Waals surface area (Å²) in [6.07, 6.45) is 0.691. The molecular weight excluding hydrogens is 403 g/mol. The van der Waals surface area contributed by atoms with Gasteiger partial charge in [0.1, 0.15) is 0 Å². The minimum absolute atomic E-state index is 0.0384. The molecule has 0 aliphatic heterocycles. The third-order valence-corrected chi connectivity index (χ3v) is 4.81. The van der Waals surface area contributed by atoms with Gasteiger partial charge in [0.05, 0.1) is 11.9 Å². The number of hydrogen-bond acceptors (Lipinski definition) is 2. The van der Waals surface area contributed by atoms with Crippen molar-refractivity contribution in [3.8, 4) is 11.1 Å². The number of benzene rings is 3. The van der Waals surface area contributed by atoms with E-state index in [2.05, 4.69) is 10.3 Å². The van der Waals surface area contributed by atoms with E-state index in [-0.39, 0.29) is 5.56 Å². The van der Waals surface area contributed by atoms with E-state index in [1.807, 2.05) is 22.9 Å². The molecule has 0 unspecified atom stereocenters. The molecule has 1 heterocycles. The molecule has 4 aromatic rings. The van der Waals surface area contributed by atoms with Gasteiger partial charge in [0.25, 0.3) is 5.91 Å². The van der Waals surface area contributed by atoms with Crippen LogP contribution in [0, 0.1) is 0 Å². The molecule has 3 aromatic carbocycles. The molecule has 0 bridgehead atoms. The summed E-state index contributed by atoms with van der Waals surface area (Å²) in [5.41, 5.74) is 1.69. The van der Waals surface area contributed by atoms with Crippen LogP contribution in [0.4, 0.5) is 18.9 Å². The Labute approximate surface area is 177 Å². The Morgan fingerprint density at radius 3 is 2.35 bits per heavy atom. The second-order valence-corrected chi connectivity index (χ2v) is 7.01. The number of alkyl halides is 3. The molecule has 1 amide bonds. The van der Waals surface area contributed by atoms with E-state index in [9.17, 15) is 18.0 Å². The minimum atomic E-state index is -4.54. The van der Waals surface area contributed by atoms with Gasteiger partial charge in [0.15, 0.2) is 0 Å². The highest BCUT2D eigenvalue weighted by molar-refractivity contribution is 6.08. The van der Waals surface area contributed by atoms with Crippen molar-refractivity contribution in [3.05, 3.63) is 108 Å². The predicted molar refractivity (Wildman–Crippen MR) is 113 cm³/mol. The maximum Gasteiger partial charge on any atom is 0.416 e. The first-order chi connectivity index (χ1) is 14.9. The molecule has 0 aliphatic rings. The number of halogens is 3. The summed E-state index contributed by atoms with van der Waals surface area (Å²) < 4.78 is 41.7. The molecule has 0 saturated carbocycles. The number of aromatic nitrogens is 2. The minimum Gasteiger partial charge on any atom is -0.333 e. The summed E-state index contributed by atoms with van der Waals surface area (Å²) in [6, 6.07) is 19.2. The summed E-state index contributed by atoms with van der Waals surface area (Å²) in [6.45, 7) is 0.625. The van der Waals surface area contributed by atoms with Crippen molar-refractivity contribution in [2.75, 3.05) is 5.32 Å². The molecule has 0 aliphatic carbocycles. The van der Waals surface area contributed by atoms with Gasteiger partial charge in [-0.15, -0.1) is 0 Å². The maximum absolute atomic E-state index is 13.3. The van der Waals surface area contributed by atoms with Crippen LogP contribution in [0.15, 0.2) is 91.5 Å². The summed E-state index contributed by atoms with van der Waals surface area (Å²) >= 11 is 0. The molecule has 0 atom stereocenters. The molecule has 4 rings (SSSR count). The van der Waals surface area contributed by atoms with Gasteiger partial charge < -0.3 is 9.88 Å². The lowest BCUT2D eigenvalue weighted by Gasteiger charge is -2.14. The number of hydrogen-bond donors (Lipinski definition) is 1. The highest BCUT2D eigenvalue weighted by Crippen LogP contribution is 2.33. The standard InChI is InChI=1S/C24H18F3N3O/c25-24(26,27)19-8-11-21(18-4-2-1-3-5-18)22(14-19)23(31)29-20-9-6-17(7-10-20)15-30-13-12-28-16-30/h1-14,16H,15H2,(H,29,31). The molecule has 156 valence electrons.